The highest BCUT2D eigenvalue weighted by atomic mass is 32.2. The van der Waals surface area contributed by atoms with Crippen LogP contribution >= 0.6 is 0 Å². The molecule has 0 spiro atoms. The largest absolute Gasteiger partial charge is 0.511 e. The molecule has 1 rings (SSSR count). The molecule has 1 aromatic carbocycles. The van der Waals surface area contributed by atoms with Crippen molar-refractivity contribution in [3.63, 3.8) is 0 Å². The number of hydrogen-bond acceptors (Lipinski definition) is 2. The van der Waals surface area contributed by atoms with E-state index in [0.29, 0.717) is 0 Å². The second-order valence-corrected chi connectivity index (χ2v) is 6.94. The standard InChI is InChI=1S/C12H18N.CH2F3NO2S/c1-5-11-6-8-12(9-7-11)10-13(2,3)4;2-1(3,4)8(5,6)7/h5-9H,1,10H2,2-4H3;(H2,5,6,7)/q+1;. The van der Waals surface area contributed by atoms with E-state index in [4.69, 9.17) is 0 Å². The van der Waals surface area contributed by atoms with E-state index in [9.17, 15) is 21.6 Å². The second-order valence-electron chi connectivity index (χ2n) is 5.38. The Morgan fingerprint density at radius 3 is 1.81 bits per heavy atom. The van der Waals surface area contributed by atoms with Crippen molar-refractivity contribution >= 4 is 16.1 Å². The monoisotopic (exact) mass is 325 g/mol. The number of alkyl halides is 3. The van der Waals surface area contributed by atoms with Gasteiger partial charge < -0.3 is 4.48 Å². The van der Waals surface area contributed by atoms with Crippen LogP contribution in [0.1, 0.15) is 11.1 Å². The maximum absolute atomic E-state index is 10.8. The number of halogens is 3. The minimum Gasteiger partial charge on any atom is -0.327 e. The lowest BCUT2D eigenvalue weighted by molar-refractivity contribution is -0.884. The lowest BCUT2D eigenvalue weighted by atomic mass is 10.1. The molecule has 4 nitrogen and oxygen atoms in total. The summed E-state index contributed by atoms with van der Waals surface area (Å²) >= 11 is 0. The fourth-order valence-corrected chi connectivity index (χ4v) is 1.31. The molecule has 1 aromatic rings. The lowest BCUT2D eigenvalue weighted by Gasteiger charge is -2.23. The topological polar surface area (TPSA) is 60.2 Å². The Morgan fingerprint density at radius 1 is 1.19 bits per heavy atom. The summed E-state index contributed by atoms with van der Waals surface area (Å²) in [5.41, 5.74) is -2.75. The fourth-order valence-electron chi connectivity index (χ4n) is 1.31. The van der Waals surface area contributed by atoms with Gasteiger partial charge in [-0.3, -0.25) is 0 Å². The third-order valence-electron chi connectivity index (χ3n) is 2.19. The highest BCUT2D eigenvalue weighted by Gasteiger charge is 2.42. The van der Waals surface area contributed by atoms with Crippen molar-refractivity contribution < 1.29 is 26.1 Å². The Labute approximate surface area is 123 Å². The van der Waals surface area contributed by atoms with E-state index >= 15 is 0 Å². The van der Waals surface area contributed by atoms with Gasteiger partial charge in [0.1, 0.15) is 6.54 Å². The molecule has 2 N–H and O–H groups in total. The summed E-state index contributed by atoms with van der Waals surface area (Å²) in [6, 6.07) is 8.55. The van der Waals surface area contributed by atoms with Crippen molar-refractivity contribution in [2.75, 3.05) is 21.1 Å². The van der Waals surface area contributed by atoms with Crippen molar-refractivity contribution in [1.82, 2.24) is 0 Å². The van der Waals surface area contributed by atoms with E-state index < -0.39 is 15.5 Å². The molecule has 0 saturated heterocycles. The van der Waals surface area contributed by atoms with E-state index in [1.807, 2.05) is 6.08 Å². The number of primary sulfonamides is 1. The van der Waals surface area contributed by atoms with E-state index in [1.165, 1.54) is 11.1 Å². The molecule has 0 atom stereocenters. The molecule has 0 aliphatic rings. The van der Waals surface area contributed by atoms with E-state index in [0.717, 1.165) is 11.0 Å². The SMILES string of the molecule is C=Cc1ccc(C[N+](C)(C)C)cc1.NS(=O)(=O)C(F)(F)F. The lowest BCUT2D eigenvalue weighted by Crippen LogP contribution is -2.33. The summed E-state index contributed by atoms with van der Waals surface area (Å²) in [5, 5.41) is 3.66. The molecule has 0 bridgehead atoms. The number of quaternary nitrogens is 1. The highest BCUT2D eigenvalue weighted by Crippen LogP contribution is 2.18. The first-order valence-corrected chi connectivity index (χ1v) is 7.42. The number of nitrogens with two attached hydrogens (primary N) is 1. The summed E-state index contributed by atoms with van der Waals surface area (Å²) in [6.45, 7) is 4.80. The first-order valence-electron chi connectivity index (χ1n) is 5.87. The van der Waals surface area contributed by atoms with Crippen LogP contribution in [0.25, 0.3) is 6.08 Å². The fraction of sp³-hybridized carbons (Fsp3) is 0.385. The maximum Gasteiger partial charge on any atom is 0.511 e. The minimum atomic E-state index is -5.34. The molecule has 0 unspecified atom stereocenters. The van der Waals surface area contributed by atoms with Crippen LogP contribution in [-0.4, -0.2) is 39.6 Å². The van der Waals surface area contributed by atoms with Gasteiger partial charge in [-0.2, -0.15) is 13.2 Å². The number of hydrogen-bond donors (Lipinski definition) is 1. The third kappa shape index (κ3) is 8.49. The van der Waals surface area contributed by atoms with Crippen LogP contribution < -0.4 is 5.14 Å². The van der Waals surface area contributed by atoms with Crippen molar-refractivity contribution in [3.8, 4) is 0 Å². The van der Waals surface area contributed by atoms with Crippen LogP contribution in [0, 0.1) is 0 Å². The first kappa shape index (κ1) is 19.6. The Morgan fingerprint density at radius 2 is 1.57 bits per heavy atom. The molecular weight excluding hydrogens is 305 g/mol. The van der Waals surface area contributed by atoms with Gasteiger partial charge in [-0.05, 0) is 5.56 Å². The van der Waals surface area contributed by atoms with Gasteiger partial charge in [0.2, 0.25) is 0 Å². The van der Waals surface area contributed by atoms with E-state index in [1.54, 1.807) is 0 Å². The molecule has 0 aliphatic heterocycles. The van der Waals surface area contributed by atoms with Crippen molar-refractivity contribution in [2.24, 2.45) is 5.14 Å². The van der Waals surface area contributed by atoms with E-state index in [2.05, 4.69) is 57.1 Å². The van der Waals surface area contributed by atoms with Crippen LogP contribution in [0.2, 0.25) is 0 Å². The number of benzene rings is 1. The van der Waals surface area contributed by atoms with Crippen molar-refractivity contribution in [3.05, 3.63) is 42.0 Å². The van der Waals surface area contributed by atoms with Crippen LogP contribution in [0.4, 0.5) is 13.2 Å². The Bertz CT molecular complexity index is 559. The zero-order valence-corrected chi connectivity index (χ0v) is 13.0. The van der Waals surface area contributed by atoms with Crippen LogP contribution in [0.5, 0.6) is 0 Å². The summed E-state index contributed by atoms with van der Waals surface area (Å²) in [7, 11) is 1.25. The summed E-state index contributed by atoms with van der Waals surface area (Å²) in [6.07, 6.45) is 1.87. The zero-order chi connectivity index (χ0) is 16.9. The van der Waals surface area contributed by atoms with Gasteiger partial charge in [0.25, 0.3) is 0 Å². The number of rotatable bonds is 3. The third-order valence-corrected chi connectivity index (χ3v) is 2.84. The molecule has 21 heavy (non-hydrogen) atoms. The number of nitrogens with zero attached hydrogens (tertiary/aromatic N) is 1. The minimum absolute atomic E-state index is 0.966. The Hall–Kier alpha value is -1.38. The Balaban J connectivity index is 0.000000433. The van der Waals surface area contributed by atoms with Crippen molar-refractivity contribution in [1.29, 1.82) is 0 Å². The van der Waals surface area contributed by atoms with Gasteiger partial charge in [-0.1, -0.05) is 36.9 Å². The Kier molecular flexibility index (Phi) is 6.59. The molecule has 0 amide bonds. The summed E-state index contributed by atoms with van der Waals surface area (Å²) in [5.74, 6) is 0. The normalized spacial score (nSPS) is 12.3. The molecule has 8 heteroatoms. The van der Waals surface area contributed by atoms with Gasteiger partial charge in [0, 0.05) is 5.56 Å². The molecule has 0 radical (unpaired) electrons. The quantitative estimate of drug-likeness (QED) is 0.867. The van der Waals surface area contributed by atoms with Crippen LogP contribution in [0.15, 0.2) is 30.8 Å². The van der Waals surface area contributed by atoms with Gasteiger partial charge in [-0.15, -0.1) is 0 Å². The van der Waals surface area contributed by atoms with Gasteiger partial charge in [0.05, 0.1) is 21.1 Å². The predicted octanol–water partition coefficient (Wildman–Crippen LogP) is 2.33. The molecule has 0 fully saturated rings. The molecule has 0 aromatic heterocycles. The van der Waals surface area contributed by atoms with Gasteiger partial charge >= 0.3 is 15.5 Å². The summed E-state index contributed by atoms with van der Waals surface area (Å²) < 4.78 is 52.1. The van der Waals surface area contributed by atoms with Crippen LogP contribution in [0.3, 0.4) is 0 Å². The predicted molar refractivity (Wildman–Crippen MR) is 77.4 cm³/mol. The first-order chi connectivity index (χ1) is 9.26. The van der Waals surface area contributed by atoms with Gasteiger partial charge in [-0.25, -0.2) is 13.6 Å². The molecule has 120 valence electrons. The average molecular weight is 325 g/mol. The highest BCUT2D eigenvalue weighted by molar-refractivity contribution is 7.90. The van der Waals surface area contributed by atoms with E-state index in [-0.39, 0.29) is 0 Å². The van der Waals surface area contributed by atoms with Crippen LogP contribution in [-0.2, 0) is 16.6 Å². The molecule has 0 aliphatic carbocycles. The summed E-state index contributed by atoms with van der Waals surface area (Å²) in [4.78, 5) is 0. The maximum atomic E-state index is 10.8. The molecular formula is C13H20F3N2O2S+. The smallest absolute Gasteiger partial charge is 0.327 e. The molecule has 0 heterocycles. The zero-order valence-electron chi connectivity index (χ0n) is 12.2. The van der Waals surface area contributed by atoms with Gasteiger partial charge in [0.15, 0.2) is 0 Å². The number of sulfonamides is 1. The average Bonchev–Trinajstić information content (AvgIpc) is 2.26. The van der Waals surface area contributed by atoms with Crippen molar-refractivity contribution in [2.45, 2.75) is 12.1 Å². The second kappa shape index (κ2) is 7.06. The molecule has 0 saturated carbocycles.